The second-order valence-electron chi connectivity index (χ2n) is 5.50. The zero-order valence-corrected chi connectivity index (χ0v) is 11.5. The Hall–Kier alpha value is -0.860. The van der Waals surface area contributed by atoms with Crippen molar-refractivity contribution in [2.45, 2.75) is 64.1 Å². The van der Waals surface area contributed by atoms with Gasteiger partial charge >= 0.3 is 0 Å². The Bertz CT molecular complexity index is 360. The minimum Gasteiger partial charge on any atom is -0.393 e. The number of benzene rings is 1. The van der Waals surface area contributed by atoms with Crippen molar-refractivity contribution in [2.75, 3.05) is 0 Å². The van der Waals surface area contributed by atoms with Gasteiger partial charge in [-0.3, -0.25) is 0 Å². The molecule has 1 aromatic rings. The largest absolute Gasteiger partial charge is 0.393 e. The molecule has 0 radical (unpaired) electrons. The molecule has 1 saturated carbocycles. The molecule has 1 aromatic carbocycles. The molecule has 2 heteroatoms. The summed E-state index contributed by atoms with van der Waals surface area (Å²) >= 11 is 0. The van der Waals surface area contributed by atoms with Crippen molar-refractivity contribution >= 4 is 0 Å². The van der Waals surface area contributed by atoms with Crippen molar-refractivity contribution in [3.63, 3.8) is 0 Å². The molecule has 1 aliphatic rings. The number of rotatable bonds is 4. The molecule has 2 N–H and O–H groups in total. The molecule has 0 aromatic heterocycles. The number of hydrogen-bond donors (Lipinski definition) is 2. The molecule has 100 valence electrons. The maximum Gasteiger partial charge on any atom is 0.0555 e. The van der Waals surface area contributed by atoms with E-state index in [0.717, 1.165) is 25.7 Å². The highest BCUT2D eigenvalue weighted by atomic mass is 16.3. The fourth-order valence-corrected chi connectivity index (χ4v) is 2.81. The lowest BCUT2D eigenvalue weighted by atomic mass is 9.92. The van der Waals surface area contributed by atoms with Gasteiger partial charge in [0.1, 0.15) is 0 Å². The third-order valence-electron chi connectivity index (χ3n) is 4.02. The summed E-state index contributed by atoms with van der Waals surface area (Å²) in [6.45, 7) is 4.39. The summed E-state index contributed by atoms with van der Waals surface area (Å²) < 4.78 is 0. The van der Waals surface area contributed by atoms with Crippen LogP contribution in [0.3, 0.4) is 0 Å². The van der Waals surface area contributed by atoms with Gasteiger partial charge in [0.15, 0.2) is 0 Å². The Morgan fingerprint density at radius 1 is 1.28 bits per heavy atom. The molecule has 0 amide bonds. The standard InChI is InChI=1S/C16H25NO/c1-3-13-7-9-14(10-8-13)12(2)17-15-5-4-6-16(18)11-15/h7-10,12,15-18H,3-6,11H2,1-2H3. The smallest absolute Gasteiger partial charge is 0.0555 e. The van der Waals surface area contributed by atoms with Gasteiger partial charge in [-0.15, -0.1) is 0 Å². The third-order valence-corrected chi connectivity index (χ3v) is 4.02. The van der Waals surface area contributed by atoms with Gasteiger partial charge in [0.25, 0.3) is 0 Å². The summed E-state index contributed by atoms with van der Waals surface area (Å²) in [6, 6.07) is 9.69. The molecule has 1 aliphatic carbocycles. The van der Waals surface area contributed by atoms with E-state index >= 15 is 0 Å². The predicted octanol–water partition coefficient (Wildman–Crippen LogP) is 3.20. The molecule has 18 heavy (non-hydrogen) atoms. The zero-order chi connectivity index (χ0) is 13.0. The first-order valence-electron chi connectivity index (χ1n) is 7.22. The van der Waals surface area contributed by atoms with Crippen LogP contribution in [0.15, 0.2) is 24.3 Å². The van der Waals surface area contributed by atoms with Crippen molar-refractivity contribution in [3.8, 4) is 0 Å². The SMILES string of the molecule is CCc1ccc(C(C)NC2CCCC(O)C2)cc1. The molecular weight excluding hydrogens is 222 g/mol. The molecule has 0 bridgehead atoms. The summed E-state index contributed by atoms with van der Waals surface area (Å²) in [5.41, 5.74) is 2.73. The molecule has 2 rings (SSSR count). The molecule has 0 aliphatic heterocycles. The highest BCUT2D eigenvalue weighted by Gasteiger charge is 2.21. The van der Waals surface area contributed by atoms with E-state index in [1.807, 2.05) is 0 Å². The van der Waals surface area contributed by atoms with E-state index in [-0.39, 0.29) is 6.10 Å². The maximum atomic E-state index is 9.69. The highest BCUT2D eigenvalue weighted by molar-refractivity contribution is 5.24. The van der Waals surface area contributed by atoms with Crippen molar-refractivity contribution < 1.29 is 5.11 Å². The number of aliphatic hydroxyl groups is 1. The van der Waals surface area contributed by atoms with Crippen LogP contribution in [-0.2, 0) is 6.42 Å². The summed E-state index contributed by atoms with van der Waals surface area (Å²) in [5.74, 6) is 0. The first-order chi connectivity index (χ1) is 8.69. The van der Waals surface area contributed by atoms with Gasteiger partial charge in [-0.2, -0.15) is 0 Å². The predicted molar refractivity (Wildman–Crippen MR) is 75.6 cm³/mol. The number of aliphatic hydroxyl groups excluding tert-OH is 1. The van der Waals surface area contributed by atoms with Gasteiger partial charge in [-0.05, 0) is 50.2 Å². The Balaban J connectivity index is 1.91. The minimum atomic E-state index is -0.106. The Kier molecular flexibility index (Phi) is 4.79. The Morgan fingerprint density at radius 3 is 2.61 bits per heavy atom. The molecule has 3 atom stereocenters. The van der Waals surface area contributed by atoms with Gasteiger partial charge in [0, 0.05) is 12.1 Å². The van der Waals surface area contributed by atoms with Gasteiger partial charge in [0.05, 0.1) is 6.10 Å². The van der Waals surface area contributed by atoms with Gasteiger partial charge in [-0.1, -0.05) is 31.2 Å². The van der Waals surface area contributed by atoms with Crippen molar-refractivity contribution in [3.05, 3.63) is 35.4 Å². The van der Waals surface area contributed by atoms with Crippen LogP contribution < -0.4 is 5.32 Å². The van der Waals surface area contributed by atoms with Crippen molar-refractivity contribution in [1.82, 2.24) is 5.32 Å². The van der Waals surface area contributed by atoms with Crippen LogP contribution in [0.2, 0.25) is 0 Å². The lowest BCUT2D eigenvalue weighted by Crippen LogP contribution is -2.37. The van der Waals surface area contributed by atoms with Crippen LogP contribution in [0, 0.1) is 0 Å². The lowest BCUT2D eigenvalue weighted by molar-refractivity contribution is 0.109. The van der Waals surface area contributed by atoms with Gasteiger partial charge in [0.2, 0.25) is 0 Å². The van der Waals surface area contributed by atoms with Crippen molar-refractivity contribution in [2.24, 2.45) is 0 Å². The molecule has 0 heterocycles. The van der Waals surface area contributed by atoms with Crippen LogP contribution in [0.5, 0.6) is 0 Å². The molecule has 2 nitrogen and oxygen atoms in total. The van der Waals surface area contributed by atoms with E-state index < -0.39 is 0 Å². The first kappa shape index (κ1) is 13.6. The van der Waals surface area contributed by atoms with Crippen LogP contribution in [0.25, 0.3) is 0 Å². The van der Waals surface area contributed by atoms with E-state index in [4.69, 9.17) is 0 Å². The third kappa shape index (κ3) is 3.56. The lowest BCUT2D eigenvalue weighted by Gasteiger charge is -2.29. The minimum absolute atomic E-state index is 0.106. The monoisotopic (exact) mass is 247 g/mol. The van der Waals surface area contributed by atoms with E-state index in [1.54, 1.807) is 0 Å². The van der Waals surface area contributed by atoms with E-state index in [0.29, 0.717) is 12.1 Å². The molecule has 0 spiro atoms. The fourth-order valence-electron chi connectivity index (χ4n) is 2.81. The maximum absolute atomic E-state index is 9.69. The Labute approximate surface area is 110 Å². The normalized spacial score (nSPS) is 25.9. The van der Waals surface area contributed by atoms with Crippen LogP contribution in [0.4, 0.5) is 0 Å². The van der Waals surface area contributed by atoms with E-state index in [2.05, 4.69) is 43.4 Å². The van der Waals surface area contributed by atoms with Crippen LogP contribution in [0.1, 0.15) is 56.7 Å². The number of hydrogen-bond acceptors (Lipinski definition) is 2. The molecular formula is C16H25NO. The van der Waals surface area contributed by atoms with Gasteiger partial charge in [-0.25, -0.2) is 0 Å². The average molecular weight is 247 g/mol. The number of aryl methyl sites for hydroxylation is 1. The van der Waals surface area contributed by atoms with E-state index in [1.165, 1.54) is 17.5 Å². The first-order valence-corrected chi connectivity index (χ1v) is 7.22. The van der Waals surface area contributed by atoms with Crippen LogP contribution in [-0.4, -0.2) is 17.3 Å². The summed E-state index contributed by atoms with van der Waals surface area (Å²) in [5, 5.41) is 13.3. The Morgan fingerprint density at radius 2 is 2.00 bits per heavy atom. The average Bonchev–Trinajstić information content (AvgIpc) is 2.39. The number of nitrogens with one attached hydrogen (secondary N) is 1. The second-order valence-corrected chi connectivity index (χ2v) is 5.50. The summed E-state index contributed by atoms with van der Waals surface area (Å²) in [6.07, 6.45) is 5.19. The van der Waals surface area contributed by atoms with E-state index in [9.17, 15) is 5.11 Å². The summed E-state index contributed by atoms with van der Waals surface area (Å²) in [7, 11) is 0. The highest BCUT2D eigenvalue weighted by Crippen LogP contribution is 2.22. The molecule has 0 saturated heterocycles. The second kappa shape index (κ2) is 6.35. The molecule has 1 fully saturated rings. The van der Waals surface area contributed by atoms with Gasteiger partial charge < -0.3 is 10.4 Å². The summed E-state index contributed by atoms with van der Waals surface area (Å²) in [4.78, 5) is 0. The van der Waals surface area contributed by atoms with Crippen LogP contribution >= 0.6 is 0 Å². The molecule has 3 unspecified atom stereocenters. The fraction of sp³-hybridized carbons (Fsp3) is 0.625. The topological polar surface area (TPSA) is 32.3 Å². The van der Waals surface area contributed by atoms with Crippen molar-refractivity contribution in [1.29, 1.82) is 0 Å². The quantitative estimate of drug-likeness (QED) is 0.856. The zero-order valence-electron chi connectivity index (χ0n) is 11.5.